The summed E-state index contributed by atoms with van der Waals surface area (Å²) in [5, 5.41) is 8.45. The molecule has 0 radical (unpaired) electrons. The number of aryl methyl sites for hydroxylation is 2. The van der Waals surface area contributed by atoms with Gasteiger partial charge in [0.25, 0.3) is 0 Å². The van der Waals surface area contributed by atoms with Gasteiger partial charge in [-0.2, -0.15) is 9.65 Å². The predicted octanol–water partition coefficient (Wildman–Crippen LogP) is 8.10. The quantitative estimate of drug-likeness (QED) is 0.264. The second-order valence-electron chi connectivity index (χ2n) is 8.65. The molecule has 0 spiro atoms. The number of nitrogens with zero attached hydrogens (tertiary/aromatic N) is 1. The van der Waals surface area contributed by atoms with Crippen LogP contribution in [0.15, 0.2) is 36.2 Å². The number of hydrogen-bond acceptors (Lipinski definition) is 1. The van der Waals surface area contributed by atoms with E-state index in [0.717, 1.165) is 18.3 Å². The van der Waals surface area contributed by atoms with E-state index in [1.54, 1.807) is 6.07 Å². The Bertz CT molecular complexity index is 602. The molecule has 0 saturated heterocycles. The normalized spacial score (nSPS) is 20.1. The van der Waals surface area contributed by atoms with Crippen molar-refractivity contribution < 1.29 is 4.39 Å². The van der Waals surface area contributed by atoms with Gasteiger partial charge in [-0.25, -0.2) is 0 Å². The van der Waals surface area contributed by atoms with Crippen LogP contribution < -0.4 is 0 Å². The van der Waals surface area contributed by atoms with Crippen molar-refractivity contribution >= 4 is 0 Å². The van der Waals surface area contributed by atoms with Crippen LogP contribution in [0.25, 0.3) is 0 Å². The summed E-state index contributed by atoms with van der Waals surface area (Å²) in [6.45, 7) is 2.27. The molecule has 0 aromatic heterocycles. The molecule has 0 heterocycles. The van der Waals surface area contributed by atoms with E-state index >= 15 is 0 Å². The first-order valence-corrected chi connectivity index (χ1v) is 11.5. The Morgan fingerprint density at radius 2 is 1.50 bits per heavy atom. The molecule has 0 unspecified atom stereocenters. The number of nitriles is 1. The van der Waals surface area contributed by atoms with Gasteiger partial charge in [0.2, 0.25) is 0 Å². The molecule has 1 aromatic carbocycles. The van der Waals surface area contributed by atoms with Crippen LogP contribution in [0.4, 0.5) is 4.39 Å². The Kier molecular flexibility index (Phi) is 11.0. The zero-order valence-electron chi connectivity index (χ0n) is 17.8. The largest absolute Gasteiger partial charge is 0.196 e. The van der Waals surface area contributed by atoms with Crippen LogP contribution in [-0.2, 0) is 12.8 Å². The topological polar surface area (TPSA) is 23.8 Å². The van der Waals surface area contributed by atoms with Crippen molar-refractivity contribution in [3.63, 3.8) is 0 Å². The summed E-state index contributed by atoms with van der Waals surface area (Å²) < 4.78 is 12.8. The summed E-state index contributed by atoms with van der Waals surface area (Å²) in [5.41, 5.74) is 2.97. The first-order valence-electron chi connectivity index (χ1n) is 11.5. The molecule has 0 amide bonds. The van der Waals surface area contributed by atoms with Gasteiger partial charge >= 0.3 is 0 Å². The van der Waals surface area contributed by atoms with Gasteiger partial charge in [0, 0.05) is 0 Å². The van der Waals surface area contributed by atoms with Crippen molar-refractivity contribution in [1.82, 2.24) is 0 Å². The number of unbranched alkanes of at least 4 members (excludes halogenated alkanes) is 4. The Hall–Kier alpha value is -1.62. The average molecular weight is 384 g/mol. The minimum absolute atomic E-state index is 0.629. The van der Waals surface area contributed by atoms with Gasteiger partial charge in [-0.1, -0.05) is 82.6 Å². The standard InChI is InChI=1S/C26H38FN/c1-2-3-4-5-6-8-22-11-15-24(16-12-22)19-20-25-17-13-23(14-18-25)9-7-10-26(27)21-28/h10-12,15-16,23,25H,2-9,13-14,17-20H2,1H3/t23-,25-. The number of rotatable bonds is 12. The van der Waals surface area contributed by atoms with Crippen molar-refractivity contribution in [3.05, 3.63) is 47.3 Å². The van der Waals surface area contributed by atoms with E-state index in [9.17, 15) is 4.39 Å². The summed E-state index contributed by atoms with van der Waals surface area (Å²) in [5.74, 6) is 0.938. The SMILES string of the molecule is CCCCCCCc1ccc(CC[C@H]2CC[C@H](CCC=C(F)C#N)CC2)cc1. The summed E-state index contributed by atoms with van der Waals surface area (Å²) >= 11 is 0. The maximum atomic E-state index is 12.8. The lowest BCUT2D eigenvalue weighted by atomic mass is 9.78. The minimum atomic E-state index is -0.629. The molecule has 0 atom stereocenters. The van der Waals surface area contributed by atoms with Crippen molar-refractivity contribution in [3.8, 4) is 6.07 Å². The van der Waals surface area contributed by atoms with Crippen LogP contribution in [0.5, 0.6) is 0 Å². The van der Waals surface area contributed by atoms with E-state index in [1.165, 1.54) is 94.3 Å². The molecule has 1 aliphatic rings. The van der Waals surface area contributed by atoms with Gasteiger partial charge in [0.05, 0.1) is 0 Å². The molecule has 2 rings (SSSR count). The molecule has 1 aromatic rings. The fourth-order valence-electron chi connectivity index (χ4n) is 4.48. The highest BCUT2D eigenvalue weighted by molar-refractivity contribution is 5.22. The molecular weight excluding hydrogens is 345 g/mol. The second kappa shape index (κ2) is 13.5. The van der Waals surface area contributed by atoms with Gasteiger partial charge in [0.15, 0.2) is 5.83 Å². The van der Waals surface area contributed by atoms with Crippen molar-refractivity contribution in [2.24, 2.45) is 11.8 Å². The Labute approximate surface area is 172 Å². The Morgan fingerprint density at radius 3 is 2.11 bits per heavy atom. The fourth-order valence-corrected chi connectivity index (χ4v) is 4.48. The van der Waals surface area contributed by atoms with E-state index in [2.05, 4.69) is 31.2 Å². The molecule has 0 aliphatic heterocycles. The molecule has 28 heavy (non-hydrogen) atoms. The lowest BCUT2D eigenvalue weighted by molar-refractivity contribution is 0.254. The zero-order chi connectivity index (χ0) is 20.0. The third-order valence-electron chi connectivity index (χ3n) is 6.40. The molecule has 0 N–H and O–H groups in total. The molecule has 1 aliphatic carbocycles. The number of allylic oxidation sites excluding steroid dienone is 2. The van der Waals surface area contributed by atoms with Crippen molar-refractivity contribution in [1.29, 1.82) is 5.26 Å². The maximum Gasteiger partial charge on any atom is 0.196 e. The summed E-state index contributed by atoms with van der Waals surface area (Å²) in [6.07, 6.45) is 18.8. The van der Waals surface area contributed by atoms with E-state index in [1.807, 2.05) is 0 Å². The zero-order valence-corrected chi connectivity index (χ0v) is 17.8. The van der Waals surface area contributed by atoms with Crippen LogP contribution >= 0.6 is 0 Å². The Balaban J connectivity index is 1.60. The van der Waals surface area contributed by atoms with Crippen LogP contribution in [-0.4, -0.2) is 0 Å². The van der Waals surface area contributed by atoms with E-state index in [-0.39, 0.29) is 0 Å². The summed E-state index contributed by atoms with van der Waals surface area (Å²) in [7, 11) is 0. The molecule has 1 nitrogen and oxygen atoms in total. The number of halogens is 1. The molecule has 154 valence electrons. The smallest absolute Gasteiger partial charge is 0.195 e. The maximum absolute atomic E-state index is 12.8. The second-order valence-corrected chi connectivity index (χ2v) is 8.65. The average Bonchev–Trinajstić information content (AvgIpc) is 2.73. The highest BCUT2D eigenvalue weighted by Crippen LogP contribution is 2.34. The Morgan fingerprint density at radius 1 is 0.929 bits per heavy atom. The van der Waals surface area contributed by atoms with Gasteiger partial charge < -0.3 is 0 Å². The van der Waals surface area contributed by atoms with Gasteiger partial charge in [0.1, 0.15) is 6.07 Å². The van der Waals surface area contributed by atoms with Crippen LogP contribution in [0.3, 0.4) is 0 Å². The van der Waals surface area contributed by atoms with Crippen LogP contribution in [0.1, 0.15) is 95.1 Å². The summed E-state index contributed by atoms with van der Waals surface area (Å²) in [6, 6.07) is 10.9. The van der Waals surface area contributed by atoms with Gasteiger partial charge in [-0.05, 0) is 67.6 Å². The first-order chi connectivity index (χ1) is 13.7. The fraction of sp³-hybridized carbons (Fsp3) is 0.654. The monoisotopic (exact) mass is 383 g/mol. The number of benzene rings is 1. The van der Waals surface area contributed by atoms with Gasteiger partial charge in [-0.15, -0.1) is 0 Å². The summed E-state index contributed by atoms with van der Waals surface area (Å²) in [4.78, 5) is 0. The number of hydrogen-bond donors (Lipinski definition) is 0. The lowest BCUT2D eigenvalue weighted by Crippen LogP contribution is -2.15. The third kappa shape index (κ3) is 9.05. The first kappa shape index (κ1) is 22.7. The predicted molar refractivity (Wildman–Crippen MR) is 117 cm³/mol. The highest BCUT2D eigenvalue weighted by atomic mass is 19.1. The molecule has 2 heteroatoms. The lowest BCUT2D eigenvalue weighted by Gasteiger charge is -2.28. The third-order valence-corrected chi connectivity index (χ3v) is 6.40. The molecule has 1 fully saturated rings. The van der Waals surface area contributed by atoms with Crippen molar-refractivity contribution in [2.45, 2.75) is 96.8 Å². The minimum Gasteiger partial charge on any atom is -0.195 e. The molecule has 1 saturated carbocycles. The van der Waals surface area contributed by atoms with E-state index in [0.29, 0.717) is 6.42 Å². The van der Waals surface area contributed by atoms with Gasteiger partial charge in [-0.3, -0.25) is 0 Å². The van der Waals surface area contributed by atoms with Crippen LogP contribution in [0.2, 0.25) is 0 Å². The van der Waals surface area contributed by atoms with Crippen LogP contribution in [0, 0.1) is 23.2 Å². The molecule has 0 bridgehead atoms. The molecular formula is C26H38FN. The van der Waals surface area contributed by atoms with E-state index < -0.39 is 5.83 Å². The van der Waals surface area contributed by atoms with E-state index in [4.69, 9.17) is 5.26 Å². The highest BCUT2D eigenvalue weighted by Gasteiger charge is 2.20. The van der Waals surface area contributed by atoms with Crippen molar-refractivity contribution in [2.75, 3.05) is 0 Å².